The Morgan fingerprint density at radius 1 is 1.38 bits per heavy atom. The third-order valence-electron chi connectivity index (χ3n) is 1.17. The van der Waals surface area contributed by atoms with Crippen LogP contribution in [0.15, 0.2) is 0 Å². The molecular weight excluding hydrogens is 136 g/mol. The maximum Gasteiger partial charge on any atom is 0.0309 e. The second-order valence-corrected chi connectivity index (χ2v) is 8.20. The number of rotatable bonds is 2. The Morgan fingerprint density at radius 3 is 1.75 bits per heavy atom. The highest BCUT2D eigenvalue weighted by Gasteiger charge is 2.12. The highest BCUT2D eigenvalue weighted by molar-refractivity contribution is 8.37. The average molecular weight is 152 g/mol. The van der Waals surface area contributed by atoms with Crippen LogP contribution in [0.2, 0.25) is 0 Å². The Hall–Kier alpha value is 0.700. The van der Waals surface area contributed by atoms with E-state index >= 15 is 0 Å². The van der Waals surface area contributed by atoms with E-state index in [1.165, 1.54) is 6.42 Å². The molecule has 0 heterocycles. The van der Waals surface area contributed by atoms with E-state index in [9.17, 15) is 0 Å². The van der Waals surface area contributed by atoms with E-state index < -0.39 is 0 Å². The predicted molar refractivity (Wildman–Crippen MR) is 48.4 cm³/mol. The summed E-state index contributed by atoms with van der Waals surface area (Å²) in [6.07, 6.45) is 8.10. The molecular formula is C6H16S2. The van der Waals surface area contributed by atoms with Crippen LogP contribution < -0.4 is 0 Å². The topological polar surface area (TPSA) is 0 Å². The van der Waals surface area contributed by atoms with E-state index in [1.807, 2.05) is 0 Å². The van der Waals surface area contributed by atoms with Gasteiger partial charge in [0.25, 0.3) is 0 Å². The van der Waals surface area contributed by atoms with Crippen LogP contribution in [0.3, 0.4) is 0 Å². The summed E-state index contributed by atoms with van der Waals surface area (Å²) in [4.78, 5) is 0. The molecule has 0 fully saturated rings. The minimum absolute atomic E-state index is 0.389. The first kappa shape index (κ1) is 8.70. The van der Waals surface area contributed by atoms with Gasteiger partial charge in [0.1, 0.15) is 0 Å². The fourth-order valence-electron chi connectivity index (χ4n) is 0.500. The summed E-state index contributed by atoms with van der Waals surface area (Å²) >= 11 is 4.45. The average Bonchev–Trinajstić information content (AvgIpc) is 1.62. The first-order valence-corrected chi connectivity index (χ1v) is 6.27. The van der Waals surface area contributed by atoms with Gasteiger partial charge in [-0.3, -0.25) is 0 Å². The number of thiol groups is 1. The molecule has 1 atom stereocenters. The minimum Gasteiger partial charge on any atom is -0.238 e. The Balaban J connectivity index is 3.62. The lowest BCUT2D eigenvalue weighted by molar-refractivity contribution is 1.05. The van der Waals surface area contributed by atoms with Crippen molar-refractivity contribution in [3.05, 3.63) is 0 Å². The highest BCUT2D eigenvalue weighted by atomic mass is 32.3. The zero-order valence-corrected chi connectivity index (χ0v) is 7.85. The molecule has 0 bridgehead atoms. The summed E-state index contributed by atoms with van der Waals surface area (Å²) in [5, 5.41) is 0. The van der Waals surface area contributed by atoms with E-state index in [0.29, 0.717) is 4.58 Å². The van der Waals surface area contributed by atoms with Gasteiger partial charge < -0.3 is 0 Å². The van der Waals surface area contributed by atoms with Crippen LogP contribution in [0.25, 0.3) is 0 Å². The van der Waals surface area contributed by atoms with E-state index in [-0.39, 0.29) is 10.0 Å². The molecule has 0 N–H and O–H groups in total. The van der Waals surface area contributed by atoms with Crippen LogP contribution in [0.5, 0.6) is 0 Å². The summed E-state index contributed by atoms with van der Waals surface area (Å²) in [5.74, 6) is 0. The summed E-state index contributed by atoms with van der Waals surface area (Å²) in [6.45, 7) is 2.19. The molecule has 0 nitrogen and oxygen atoms in total. The Kier molecular flexibility index (Phi) is 3.28. The Labute approximate surface area is 59.8 Å². The summed E-state index contributed by atoms with van der Waals surface area (Å²) in [6, 6.07) is 0. The van der Waals surface area contributed by atoms with Crippen LogP contribution in [-0.2, 0) is 0 Å². The van der Waals surface area contributed by atoms with E-state index in [4.69, 9.17) is 0 Å². The molecule has 0 aromatic heterocycles. The third kappa shape index (κ3) is 2.88. The second kappa shape index (κ2) is 3.02. The standard InChI is InChI=1S/C6H16S2/c1-5-6(7)8(2,3)4/h6-7H,5H2,1-4H3. The molecule has 0 aliphatic rings. The monoisotopic (exact) mass is 152 g/mol. The lowest BCUT2D eigenvalue weighted by Gasteiger charge is -2.31. The molecule has 0 aliphatic carbocycles. The number of hydrogen-bond acceptors (Lipinski definition) is 1. The third-order valence-corrected chi connectivity index (χ3v) is 5.39. The van der Waals surface area contributed by atoms with Crippen LogP contribution in [0.1, 0.15) is 13.3 Å². The predicted octanol–water partition coefficient (Wildman–Crippen LogP) is 2.35. The summed E-state index contributed by atoms with van der Waals surface area (Å²) in [5.41, 5.74) is 0. The smallest absolute Gasteiger partial charge is 0.0309 e. The van der Waals surface area contributed by atoms with Crippen LogP contribution in [0.4, 0.5) is 0 Å². The molecule has 0 radical (unpaired) electrons. The van der Waals surface area contributed by atoms with Gasteiger partial charge in [-0.15, -0.1) is 0 Å². The minimum atomic E-state index is -0.389. The second-order valence-electron chi connectivity index (χ2n) is 2.79. The fourth-order valence-corrected chi connectivity index (χ4v) is 1.50. The number of hydrogen-bond donors (Lipinski definition) is 1. The van der Waals surface area contributed by atoms with Crippen molar-refractivity contribution in [1.82, 2.24) is 0 Å². The normalized spacial score (nSPS) is 18.1. The highest BCUT2D eigenvalue weighted by Crippen LogP contribution is 2.44. The van der Waals surface area contributed by atoms with Crippen molar-refractivity contribution in [2.45, 2.75) is 17.9 Å². The molecule has 0 saturated carbocycles. The van der Waals surface area contributed by atoms with Gasteiger partial charge in [-0.1, -0.05) is 6.92 Å². The van der Waals surface area contributed by atoms with Crippen LogP contribution in [-0.4, -0.2) is 23.3 Å². The molecule has 0 aromatic rings. The summed E-state index contributed by atoms with van der Waals surface area (Å²) in [7, 11) is -0.389. The van der Waals surface area contributed by atoms with Crippen molar-refractivity contribution >= 4 is 22.7 Å². The lowest BCUT2D eigenvalue weighted by Crippen LogP contribution is -2.06. The quantitative estimate of drug-likeness (QED) is 0.577. The largest absolute Gasteiger partial charge is 0.238 e. The first-order valence-electron chi connectivity index (χ1n) is 2.83. The van der Waals surface area contributed by atoms with Gasteiger partial charge in [0.2, 0.25) is 0 Å². The zero-order chi connectivity index (χ0) is 6.78. The van der Waals surface area contributed by atoms with E-state index in [0.717, 1.165) is 0 Å². The van der Waals surface area contributed by atoms with Gasteiger partial charge in [0.05, 0.1) is 0 Å². The molecule has 0 amide bonds. The van der Waals surface area contributed by atoms with E-state index in [2.05, 4.69) is 38.3 Å². The molecule has 52 valence electrons. The SMILES string of the molecule is CCC(S)S(C)(C)C. The van der Waals surface area contributed by atoms with Gasteiger partial charge in [0, 0.05) is 4.58 Å². The van der Waals surface area contributed by atoms with Crippen molar-refractivity contribution in [3.8, 4) is 0 Å². The zero-order valence-electron chi connectivity index (χ0n) is 6.14. The molecule has 2 heteroatoms. The van der Waals surface area contributed by atoms with Gasteiger partial charge in [-0.25, -0.2) is 10.0 Å². The lowest BCUT2D eigenvalue weighted by atomic mass is 10.6. The Morgan fingerprint density at radius 2 is 1.75 bits per heavy atom. The van der Waals surface area contributed by atoms with Crippen molar-refractivity contribution in [3.63, 3.8) is 0 Å². The van der Waals surface area contributed by atoms with Crippen molar-refractivity contribution in [1.29, 1.82) is 0 Å². The van der Waals surface area contributed by atoms with Gasteiger partial charge in [0.15, 0.2) is 0 Å². The molecule has 0 rings (SSSR count). The van der Waals surface area contributed by atoms with Crippen LogP contribution >= 0.6 is 22.7 Å². The molecule has 0 spiro atoms. The van der Waals surface area contributed by atoms with Crippen molar-refractivity contribution < 1.29 is 0 Å². The summed E-state index contributed by atoms with van der Waals surface area (Å²) < 4.78 is 0.627. The Bertz CT molecular complexity index is 63.4. The van der Waals surface area contributed by atoms with Crippen molar-refractivity contribution in [2.75, 3.05) is 18.8 Å². The molecule has 0 saturated heterocycles. The van der Waals surface area contributed by atoms with Crippen LogP contribution in [0, 0.1) is 0 Å². The van der Waals surface area contributed by atoms with Gasteiger partial charge in [-0.05, 0) is 25.2 Å². The first-order chi connectivity index (χ1) is 3.48. The van der Waals surface area contributed by atoms with Gasteiger partial charge in [-0.2, -0.15) is 12.6 Å². The molecule has 1 unspecified atom stereocenters. The fraction of sp³-hybridized carbons (Fsp3) is 1.00. The molecule has 0 aromatic carbocycles. The van der Waals surface area contributed by atoms with E-state index in [1.54, 1.807) is 0 Å². The van der Waals surface area contributed by atoms with Crippen molar-refractivity contribution in [2.24, 2.45) is 0 Å². The van der Waals surface area contributed by atoms with Gasteiger partial charge >= 0.3 is 0 Å². The molecule has 0 aliphatic heterocycles. The maximum atomic E-state index is 4.45. The maximum absolute atomic E-state index is 4.45. The molecule has 8 heavy (non-hydrogen) atoms.